The summed E-state index contributed by atoms with van der Waals surface area (Å²) in [5.41, 5.74) is 8.45. The molecule has 2 heterocycles. The van der Waals surface area contributed by atoms with Gasteiger partial charge in [-0.3, -0.25) is 9.67 Å². The van der Waals surface area contributed by atoms with Gasteiger partial charge < -0.3 is 5.73 Å². The quantitative estimate of drug-likeness (QED) is 0.788. The molecular weight excluding hydrogens is 291 g/mol. The van der Waals surface area contributed by atoms with Crippen molar-refractivity contribution in [2.24, 2.45) is 7.05 Å². The first-order valence-electron chi connectivity index (χ1n) is 6.26. The third-order valence-electron chi connectivity index (χ3n) is 3.25. The zero-order chi connectivity index (χ0) is 15.0. The normalized spacial score (nSPS) is 10.8. The zero-order valence-electron chi connectivity index (χ0n) is 11.2. The molecule has 1 aromatic carbocycles. The molecule has 3 rings (SSSR count). The summed E-state index contributed by atoms with van der Waals surface area (Å²) in [6, 6.07) is 8.76. The van der Waals surface area contributed by atoms with Crippen molar-refractivity contribution in [2.45, 2.75) is 0 Å². The van der Waals surface area contributed by atoms with Crippen LogP contribution in [0.5, 0.6) is 0 Å². The highest BCUT2D eigenvalue weighted by atomic mass is 35.5. The molecule has 0 atom stereocenters. The van der Waals surface area contributed by atoms with E-state index in [1.807, 2.05) is 12.1 Å². The molecule has 0 radical (unpaired) electrons. The first-order valence-corrected chi connectivity index (χ1v) is 6.64. The van der Waals surface area contributed by atoms with Gasteiger partial charge in [0.2, 0.25) is 0 Å². The molecule has 0 aliphatic heterocycles. The van der Waals surface area contributed by atoms with Crippen molar-refractivity contribution in [3.63, 3.8) is 0 Å². The van der Waals surface area contributed by atoms with Crippen molar-refractivity contribution < 1.29 is 4.39 Å². The van der Waals surface area contributed by atoms with Gasteiger partial charge in [-0.2, -0.15) is 5.10 Å². The molecule has 0 bridgehead atoms. The van der Waals surface area contributed by atoms with E-state index in [4.69, 9.17) is 17.3 Å². The number of anilines is 1. The lowest BCUT2D eigenvalue weighted by atomic mass is 10.0. The fraction of sp³-hybridized carbons (Fsp3) is 0.0667. The second-order valence-corrected chi connectivity index (χ2v) is 5.03. The third kappa shape index (κ3) is 2.36. The predicted octanol–water partition coefficient (Wildman–Crippen LogP) is 3.52. The average molecular weight is 303 g/mol. The van der Waals surface area contributed by atoms with E-state index in [-0.39, 0.29) is 0 Å². The fourth-order valence-electron chi connectivity index (χ4n) is 2.19. The largest absolute Gasteiger partial charge is 0.383 e. The molecule has 0 unspecified atom stereocenters. The summed E-state index contributed by atoms with van der Waals surface area (Å²) >= 11 is 5.91. The molecule has 0 saturated heterocycles. The molecule has 3 aromatic rings. The van der Waals surface area contributed by atoms with Gasteiger partial charge in [-0.1, -0.05) is 23.7 Å². The van der Waals surface area contributed by atoms with Gasteiger partial charge in [0.15, 0.2) is 5.82 Å². The Labute approximate surface area is 126 Å². The van der Waals surface area contributed by atoms with Crippen LogP contribution in [0.25, 0.3) is 22.4 Å². The SMILES string of the molecule is Cn1nc(-c2ccncc2F)c(-c2ccc(Cl)cc2)c1N. The topological polar surface area (TPSA) is 56.7 Å². The highest BCUT2D eigenvalue weighted by molar-refractivity contribution is 6.30. The number of hydrogen-bond donors (Lipinski definition) is 1. The molecular formula is C15H12ClFN4. The number of halogens is 2. The molecule has 21 heavy (non-hydrogen) atoms. The summed E-state index contributed by atoms with van der Waals surface area (Å²) in [5.74, 6) is 0.0225. The molecule has 6 heteroatoms. The van der Waals surface area contributed by atoms with Crippen molar-refractivity contribution in [1.29, 1.82) is 0 Å². The Morgan fingerprint density at radius 1 is 1.19 bits per heavy atom. The molecule has 0 aliphatic rings. The maximum atomic E-state index is 14.0. The Balaban J connectivity index is 2.26. The number of nitrogens with two attached hydrogens (primary N) is 1. The van der Waals surface area contributed by atoms with Crippen molar-refractivity contribution in [3.05, 3.63) is 53.6 Å². The van der Waals surface area contributed by atoms with E-state index in [9.17, 15) is 4.39 Å². The Morgan fingerprint density at radius 3 is 2.57 bits per heavy atom. The minimum absolute atomic E-state index is 0.363. The van der Waals surface area contributed by atoms with Gasteiger partial charge in [0.05, 0.1) is 11.8 Å². The van der Waals surface area contributed by atoms with E-state index in [1.165, 1.54) is 10.9 Å². The van der Waals surface area contributed by atoms with Gasteiger partial charge in [-0.15, -0.1) is 0 Å². The maximum absolute atomic E-state index is 14.0. The van der Waals surface area contributed by atoms with Gasteiger partial charge in [-0.25, -0.2) is 4.39 Å². The van der Waals surface area contributed by atoms with Gasteiger partial charge in [0, 0.05) is 23.8 Å². The van der Waals surface area contributed by atoms with Crippen LogP contribution < -0.4 is 5.73 Å². The van der Waals surface area contributed by atoms with Crippen molar-refractivity contribution in [1.82, 2.24) is 14.8 Å². The van der Waals surface area contributed by atoms with Crippen LogP contribution in [-0.2, 0) is 7.05 Å². The first kappa shape index (κ1) is 13.6. The Hall–Kier alpha value is -2.40. The van der Waals surface area contributed by atoms with Gasteiger partial charge >= 0.3 is 0 Å². The Morgan fingerprint density at radius 2 is 1.90 bits per heavy atom. The maximum Gasteiger partial charge on any atom is 0.150 e. The van der Waals surface area contributed by atoms with E-state index in [0.717, 1.165) is 11.8 Å². The van der Waals surface area contributed by atoms with Crippen LogP contribution in [0.3, 0.4) is 0 Å². The first-order chi connectivity index (χ1) is 10.1. The Bertz CT molecular complexity index is 796. The van der Waals surface area contributed by atoms with Crippen molar-refractivity contribution in [2.75, 3.05) is 5.73 Å². The number of aromatic nitrogens is 3. The minimum atomic E-state index is -0.439. The van der Waals surface area contributed by atoms with E-state index in [0.29, 0.717) is 27.7 Å². The second kappa shape index (κ2) is 5.18. The van der Waals surface area contributed by atoms with Crippen LogP contribution in [0.4, 0.5) is 10.2 Å². The number of benzene rings is 1. The number of pyridine rings is 1. The molecule has 4 nitrogen and oxygen atoms in total. The zero-order valence-corrected chi connectivity index (χ0v) is 12.0. The number of nitrogens with zero attached hydrogens (tertiary/aromatic N) is 3. The molecule has 0 aliphatic carbocycles. The molecule has 0 saturated carbocycles. The van der Waals surface area contributed by atoms with Crippen LogP contribution in [0.1, 0.15) is 0 Å². The van der Waals surface area contributed by atoms with Gasteiger partial charge in [0.25, 0.3) is 0 Å². The lowest BCUT2D eigenvalue weighted by Gasteiger charge is -2.05. The summed E-state index contributed by atoms with van der Waals surface area (Å²) in [4.78, 5) is 3.76. The predicted molar refractivity (Wildman–Crippen MR) is 81.3 cm³/mol. The summed E-state index contributed by atoms with van der Waals surface area (Å²) in [6.45, 7) is 0. The smallest absolute Gasteiger partial charge is 0.150 e. The van der Waals surface area contributed by atoms with Crippen LogP contribution >= 0.6 is 11.6 Å². The van der Waals surface area contributed by atoms with Gasteiger partial charge in [0.1, 0.15) is 11.5 Å². The lowest BCUT2D eigenvalue weighted by molar-refractivity contribution is 0.623. The fourth-order valence-corrected chi connectivity index (χ4v) is 2.32. The van der Waals surface area contributed by atoms with Crippen LogP contribution in [-0.4, -0.2) is 14.8 Å². The number of rotatable bonds is 2. The standard InChI is InChI=1S/C15H12ClFN4/c1-21-15(18)13(9-2-4-10(16)5-3-9)14(20-21)11-6-7-19-8-12(11)17/h2-8H,18H2,1H3. The summed E-state index contributed by atoms with van der Waals surface area (Å²) in [5, 5.41) is 4.95. The molecule has 2 aromatic heterocycles. The van der Waals surface area contributed by atoms with Gasteiger partial charge in [-0.05, 0) is 23.8 Å². The minimum Gasteiger partial charge on any atom is -0.383 e. The molecule has 2 N–H and O–H groups in total. The molecule has 106 valence electrons. The Kier molecular flexibility index (Phi) is 3.35. The van der Waals surface area contributed by atoms with Crippen LogP contribution in [0.2, 0.25) is 5.02 Å². The summed E-state index contributed by atoms with van der Waals surface area (Å²) in [7, 11) is 1.72. The van der Waals surface area contributed by atoms with Crippen molar-refractivity contribution in [3.8, 4) is 22.4 Å². The second-order valence-electron chi connectivity index (χ2n) is 4.59. The van der Waals surface area contributed by atoms with Crippen LogP contribution in [0.15, 0.2) is 42.7 Å². The highest BCUT2D eigenvalue weighted by Crippen LogP contribution is 2.36. The lowest BCUT2D eigenvalue weighted by Crippen LogP contribution is -1.97. The average Bonchev–Trinajstić information content (AvgIpc) is 2.76. The monoisotopic (exact) mass is 302 g/mol. The summed E-state index contributed by atoms with van der Waals surface area (Å²) in [6.07, 6.45) is 2.68. The number of aryl methyl sites for hydroxylation is 1. The number of nitrogen functional groups attached to an aromatic ring is 1. The molecule has 0 spiro atoms. The third-order valence-corrected chi connectivity index (χ3v) is 3.50. The van der Waals surface area contributed by atoms with E-state index in [2.05, 4.69) is 10.1 Å². The molecule has 0 amide bonds. The van der Waals surface area contributed by atoms with E-state index >= 15 is 0 Å². The van der Waals surface area contributed by atoms with E-state index in [1.54, 1.807) is 25.2 Å². The highest BCUT2D eigenvalue weighted by Gasteiger charge is 2.19. The van der Waals surface area contributed by atoms with E-state index < -0.39 is 5.82 Å². The number of hydrogen-bond acceptors (Lipinski definition) is 3. The summed E-state index contributed by atoms with van der Waals surface area (Å²) < 4.78 is 15.5. The van der Waals surface area contributed by atoms with Crippen molar-refractivity contribution >= 4 is 17.4 Å². The molecule has 0 fully saturated rings. The van der Waals surface area contributed by atoms with Crippen LogP contribution in [0, 0.1) is 5.82 Å².